The highest BCUT2D eigenvalue weighted by atomic mass is 35.5. The van der Waals surface area contributed by atoms with Crippen molar-refractivity contribution in [3.63, 3.8) is 0 Å². The third-order valence-corrected chi connectivity index (χ3v) is 6.41. The molecule has 1 unspecified atom stereocenters. The summed E-state index contributed by atoms with van der Waals surface area (Å²) in [6, 6.07) is 8.62. The standard InChI is InChI=1S/C22H21Cl2N7O3/c23-15-3-4-17(20-19(15)21(25)29-34-20)30-7-5-12(10-30)27-22(33)14-2-1-13(9-16(14)24)31-11-26-18(28-31)6-8-32/h1-4,9,11-12,32H,5-8,10H2,(H2,25,29)(H,27,33). The second kappa shape index (κ2) is 9.13. The van der Waals surface area contributed by atoms with Crippen LogP contribution in [0.1, 0.15) is 22.6 Å². The van der Waals surface area contributed by atoms with Gasteiger partial charge in [-0.25, -0.2) is 9.67 Å². The summed E-state index contributed by atoms with van der Waals surface area (Å²) < 4.78 is 6.96. The summed E-state index contributed by atoms with van der Waals surface area (Å²) in [7, 11) is 0. The Hall–Kier alpha value is -3.34. The van der Waals surface area contributed by atoms with Crippen LogP contribution in [0.15, 0.2) is 41.2 Å². The number of aromatic nitrogens is 4. The number of nitrogens with one attached hydrogen (secondary N) is 1. The molecule has 0 saturated carbocycles. The van der Waals surface area contributed by atoms with Gasteiger partial charge in [0.2, 0.25) is 0 Å². The number of halogens is 2. The minimum absolute atomic E-state index is 0.0299. The van der Waals surface area contributed by atoms with Crippen LogP contribution in [0, 0.1) is 0 Å². The van der Waals surface area contributed by atoms with Crippen molar-refractivity contribution in [2.45, 2.75) is 18.9 Å². The maximum atomic E-state index is 12.9. The minimum Gasteiger partial charge on any atom is -0.396 e. The average Bonchev–Trinajstić information content (AvgIpc) is 3.55. The Bertz CT molecular complexity index is 1370. The molecule has 1 atom stereocenters. The summed E-state index contributed by atoms with van der Waals surface area (Å²) in [6.45, 7) is 1.28. The van der Waals surface area contributed by atoms with E-state index in [0.717, 1.165) is 18.7 Å². The summed E-state index contributed by atoms with van der Waals surface area (Å²) in [5.74, 6) is 0.518. The maximum Gasteiger partial charge on any atom is 0.253 e. The maximum absolute atomic E-state index is 12.9. The molecule has 34 heavy (non-hydrogen) atoms. The number of rotatable bonds is 6. The van der Waals surface area contributed by atoms with Gasteiger partial charge in [-0.1, -0.05) is 28.4 Å². The SMILES string of the molecule is Nc1noc2c(N3CCC(NC(=O)c4ccc(-n5cnc(CCO)n5)cc4Cl)C3)ccc(Cl)c12. The van der Waals surface area contributed by atoms with E-state index < -0.39 is 0 Å². The number of fused-ring (bicyclic) bond motifs is 1. The van der Waals surface area contributed by atoms with Gasteiger partial charge in [-0.2, -0.15) is 5.10 Å². The number of carbonyl (C=O) groups excluding carboxylic acids is 1. The fourth-order valence-electron chi connectivity index (χ4n) is 4.10. The molecule has 12 heteroatoms. The van der Waals surface area contributed by atoms with Crippen LogP contribution in [0.5, 0.6) is 0 Å². The molecule has 1 amide bonds. The highest BCUT2D eigenvalue weighted by molar-refractivity contribution is 6.36. The molecule has 0 spiro atoms. The van der Waals surface area contributed by atoms with Gasteiger partial charge in [-0.3, -0.25) is 4.79 Å². The van der Waals surface area contributed by atoms with Gasteiger partial charge in [0.1, 0.15) is 6.33 Å². The van der Waals surface area contributed by atoms with E-state index in [0.29, 0.717) is 51.1 Å². The Morgan fingerprint density at radius 3 is 2.91 bits per heavy atom. The van der Waals surface area contributed by atoms with Crippen LogP contribution in [0.3, 0.4) is 0 Å². The number of amides is 1. The van der Waals surface area contributed by atoms with Crippen molar-refractivity contribution in [3.8, 4) is 5.69 Å². The van der Waals surface area contributed by atoms with Gasteiger partial charge in [0, 0.05) is 25.6 Å². The van der Waals surface area contributed by atoms with E-state index in [1.165, 1.54) is 0 Å². The van der Waals surface area contributed by atoms with Gasteiger partial charge in [-0.15, -0.1) is 0 Å². The molecule has 4 aromatic rings. The number of carbonyl (C=O) groups is 1. The van der Waals surface area contributed by atoms with E-state index in [1.807, 2.05) is 6.07 Å². The van der Waals surface area contributed by atoms with Crippen LogP contribution < -0.4 is 16.0 Å². The van der Waals surface area contributed by atoms with Crippen LogP contribution in [0.25, 0.3) is 16.7 Å². The lowest BCUT2D eigenvalue weighted by atomic mass is 10.1. The number of aliphatic hydroxyl groups excluding tert-OH is 1. The summed E-state index contributed by atoms with van der Waals surface area (Å²) in [5, 5.41) is 21.6. The normalized spacial score (nSPS) is 15.9. The molecule has 0 bridgehead atoms. The van der Waals surface area contributed by atoms with Crippen molar-refractivity contribution in [1.29, 1.82) is 0 Å². The minimum atomic E-state index is -0.256. The lowest BCUT2D eigenvalue weighted by Gasteiger charge is -2.19. The van der Waals surface area contributed by atoms with Crippen molar-refractivity contribution >= 4 is 51.6 Å². The lowest BCUT2D eigenvalue weighted by Crippen LogP contribution is -2.37. The van der Waals surface area contributed by atoms with Crippen molar-refractivity contribution in [2.24, 2.45) is 0 Å². The fourth-order valence-corrected chi connectivity index (χ4v) is 4.60. The van der Waals surface area contributed by atoms with Crippen molar-refractivity contribution in [2.75, 3.05) is 30.3 Å². The quantitative estimate of drug-likeness (QED) is 0.366. The van der Waals surface area contributed by atoms with E-state index in [9.17, 15) is 4.79 Å². The second-order valence-electron chi connectivity index (χ2n) is 7.99. The monoisotopic (exact) mass is 501 g/mol. The van der Waals surface area contributed by atoms with Gasteiger partial charge >= 0.3 is 0 Å². The van der Waals surface area contributed by atoms with E-state index in [-0.39, 0.29) is 24.4 Å². The first-order valence-corrected chi connectivity index (χ1v) is 11.4. The Kier molecular flexibility index (Phi) is 6.03. The first-order chi connectivity index (χ1) is 16.4. The predicted octanol–water partition coefficient (Wildman–Crippen LogP) is 2.84. The lowest BCUT2D eigenvalue weighted by molar-refractivity contribution is 0.0940. The number of nitrogen functional groups attached to an aromatic ring is 1. The average molecular weight is 502 g/mol. The van der Waals surface area contributed by atoms with Gasteiger partial charge in [0.25, 0.3) is 5.91 Å². The number of hydrogen-bond acceptors (Lipinski definition) is 8. The van der Waals surface area contributed by atoms with E-state index >= 15 is 0 Å². The topological polar surface area (TPSA) is 135 Å². The van der Waals surface area contributed by atoms with Crippen molar-refractivity contribution in [3.05, 3.63) is 58.1 Å². The Morgan fingerprint density at radius 1 is 1.26 bits per heavy atom. The predicted molar refractivity (Wildman–Crippen MR) is 129 cm³/mol. The molecular weight excluding hydrogens is 481 g/mol. The summed E-state index contributed by atoms with van der Waals surface area (Å²) in [4.78, 5) is 19.2. The smallest absolute Gasteiger partial charge is 0.253 e. The van der Waals surface area contributed by atoms with E-state index in [4.69, 9.17) is 38.6 Å². The summed E-state index contributed by atoms with van der Waals surface area (Å²) in [5.41, 5.74) is 8.29. The molecule has 10 nitrogen and oxygen atoms in total. The van der Waals surface area contributed by atoms with Crippen LogP contribution in [-0.2, 0) is 6.42 Å². The first-order valence-electron chi connectivity index (χ1n) is 10.6. The Labute approximate surface area is 204 Å². The number of nitrogens with two attached hydrogens (primary N) is 1. The molecule has 0 aliphatic carbocycles. The molecule has 176 valence electrons. The largest absolute Gasteiger partial charge is 0.396 e. The zero-order valence-corrected chi connectivity index (χ0v) is 19.4. The highest BCUT2D eigenvalue weighted by Crippen LogP contribution is 2.36. The van der Waals surface area contributed by atoms with Crippen LogP contribution in [0.4, 0.5) is 11.5 Å². The van der Waals surface area contributed by atoms with Crippen LogP contribution >= 0.6 is 23.2 Å². The third kappa shape index (κ3) is 4.15. The molecule has 2 aromatic heterocycles. The molecule has 1 fully saturated rings. The van der Waals surface area contributed by atoms with E-state index in [1.54, 1.807) is 35.3 Å². The number of aliphatic hydroxyl groups is 1. The first kappa shape index (κ1) is 22.5. The van der Waals surface area contributed by atoms with Gasteiger partial charge < -0.3 is 25.6 Å². The van der Waals surface area contributed by atoms with Crippen molar-refractivity contribution < 1.29 is 14.4 Å². The molecule has 1 saturated heterocycles. The third-order valence-electron chi connectivity index (χ3n) is 5.78. The van der Waals surface area contributed by atoms with E-state index in [2.05, 4.69) is 25.5 Å². The molecule has 0 radical (unpaired) electrons. The number of benzene rings is 2. The van der Waals surface area contributed by atoms with Gasteiger partial charge in [0.05, 0.1) is 39.0 Å². The zero-order chi connectivity index (χ0) is 23.8. The van der Waals surface area contributed by atoms with Crippen LogP contribution in [-0.4, -0.2) is 56.7 Å². The number of nitrogens with zero attached hydrogens (tertiary/aromatic N) is 5. The molecular formula is C22H21Cl2N7O3. The van der Waals surface area contributed by atoms with Gasteiger partial charge in [0.15, 0.2) is 17.2 Å². The number of anilines is 2. The molecule has 5 rings (SSSR count). The van der Waals surface area contributed by atoms with Crippen LogP contribution in [0.2, 0.25) is 10.0 Å². The molecule has 3 heterocycles. The van der Waals surface area contributed by atoms with Gasteiger partial charge in [-0.05, 0) is 36.8 Å². The molecule has 2 aromatic carbocycles. The Balaban J connectivity index is 1.28. The zero-order valence-electron chi connectivity index (χ0n) is 17.9. The summed E-state index contributed by atoms with van der Waals surface area (Å²) >= 11 is 12.7. The number of hydrogen-bond donors (Lipinski definition) is 3. The fraction of sp³-hybridized carbons (Fsp3) is 0.273. The molecule has 1 aliphatic rings. The molecule has 1 aliphatic heterocycles. The Morgan fingerprint density at radius 2 is 2.12 bits per heavy atom. The van der Waals surface area contributed by atoms with Crippen molar-refractivity contribution in [1.82, 2.24) is 25.2 Å². The summed E-state index contributed by atoms with van der Waals surface area (Å²) in [6.07, 6.45) is 2.66. The molecule has 4 N–H and O–H groups in total. The second-order valence-corrected chi connectivity index (χ2v) is 8.80. The highest BCUT2D eigenvalue weighted by Gasteiger charge is 2.28.